The first-order chi connectivity index (χ1) is 11.7. The van der Waals surface area contributed by atoms with Gasteiger partial charge in [0, 0.05) is 22.5 Å². The number of fused-ring (bicyclic) bond motifs is 1. The number of nitrogens with two attached hydrogens (primary N) is 1. The van der Waals surface area contributed by atoms with Gasteiger partial charge >= 0.3 is 0 Å². The molecule has 5 heteroatoms. The van der Waals surface area contributed by atoms with Gasteiger partial charge in [0.1, 0.15) is 9.98 Å². The molecule has 0 spiro atoms. The van der Waals surface area contributed by atoms with E-state index in [4.69, 9.17) is 17.3 Å². The molecule has 0 radical (unpaired) electrons. The van der Waals surface area contributed by atoms with Gasteiger partial charge in [-0.25, -0.2) is 4.98 Å². The Labute approximate surface area is 148 Å². The normalized spacial score (nSPS) is 12.4. The lowest BCUT2D eigenvalue weighted by molar-refractivity contribution is 0.835. The number of halogens is 1. The highest BCUT2D eigenvalue weighted by Crippen LogP contribution is 2.39. The number of aromatic nitrogens is 2. The van der Waals surface area contributed by atoms with Crippen LogP contribution in [0.1, 0.15) is 17.3 Å². The maximum Gasteiger partial charge on any atom is 0.131 e. The Morgan fingerprint density at radius 3 is 2.58 bits per heavy atom. The highest BCUT2D eigenvalue weighted by molar-refractivity contribution is 7.17. The lowest BCUT2D eigenvalue weighted by Crippen LogP contribution is -2.14. The number of hydrogen-bond acceptors (Lipinski definition) is 4. The topological polar surface area (TPSA) is 51.8 Å². The van der Waals surface area contributed by atoms with Gasteiger partial charge in [-0.1, -0.05) is 48.0 Å². The number of benzene rings is 1. The monoisotopic (exact) mass is 351 g/mol. The molecule has 2 N–H and O–H groups in total. The molecule has 0 aliphatic carbocycles. The van der Waals surface area contributed by atoms with E-state index in [2.05, 4.69) is 27.5 Å². The van der Waals surface area contributed by atoms with Crippen molar-refractivity contribution in [3.63, 3.8) is 0 Å². The summed E-state index contributed by atoms with van der Waals surface area (Å²) in [6.07, 6.45) is 1.75. The third-order valence-corrected chi connectivity index (χ3v) is 5.04. The molecule has 0 fully saturated rings. The maximum absolute atomic E-state index is 6.51. The number of thiophene rings is 1. The number of nitrogens with zero attached hydrogens (tertiary/aromatic N) is 2. The molecular weight excluding hydrogens is 338 g/mol. The van der Waals surface area contributed by atoms with E-state index in [1.807, 2.05) is 42.5 Å². The largest absolute Gasteiger partial charge is 0.319 e. The molecule has 3 nitrogen and oxygen atoms in total. The van der Waals surface area contributed by atoms with Crippen LogP contribution in [0, 0.1) is 0 Å². The van der Waals surface area contributed by atoms with E-state index in [1.165, 1.54) is 0 Å². The summed E-state index contributed by atoms with van der Waals surface area (Å²) in [6.45, 7) is 0. The predicted molar refractivity (Wildman–Crippen MR) is 100 cm³/mol. The van der Waals surface area contributed by atoms with E-state index in [0.29, 0.717) is 5.15 Å². The molecule has 0 bridgehead atoms. The van der Waals surface area contributed by atoms with E-state index in [1.54, 1.807) is 17.5 Å². The summed E-state index contributed by atoms with van der Waals surface area (Å²) in [5.41, 5.74) is 10.5. The summed E-state index contributed by atoms with van der Waals surface area (Å²) < 4.78 is 0. The summed E-state index contributed by atoms with van der Waals surface area (Å²) in [5.74, 6) is 0. The number of hydrogen-bond donors (Lipinski definition) is 1. The van der Waals surface area contributed by atoms with Crippen molar-refractivity contribution >= 4 is 33.2 Å². The van der Waals surface area contributed by atoms with Crippen LogP contribution < -0.4 is 5.73 Å². The SMILES string of the molecule is NC(c1ccccn1)c1cc(Cl)nc2scc(-c3ccccc3)c12. The smallest absolute Gasteiger partial charge is 0.131 e. The maximum atomic E-state index is 6.51. The van der Waals surface area contributed by atoms with E-state index >= 15 is 0 Å². The van der Waals surface area contributed by atoms with Crippen molar-refractivity contribution in [2.75, 3.05) is 0 Å². The second-order valence-electron chi connectivity index (χ2n) is 5.46. The zero-order valence-corrected chi connectivity index (χ0v) is 14.3. The molecule has 1 unspecified atom stereocenters. The average Bonchev–Trinajstić information content (AvgIpc) is 3.05. The molecule has 3 aromatic heterocycles. The van der Waals surface area contributed by atoms with Crippen LogP contribution in [0.25, 0.3) is 21.3 Å². The standard InChI is InChI=1S/C19H14ClN3S/c20-16-10-13(18(21)15-8-4-5-9-22-15)17-14(11-24-19(17)23-16)12-6-2-1-3-7-12/h1-11,18H,21H2. The van der Waals surface area contributed by atoms with Crippen molar-refractivity contribution in [3.8, 4) is 11.1 Å². The molecule has 0 aliphatic rings. The lowest BCUT2D eigenvalue weighted by atomic mass is 9.97. The Bertz CT molecular complexity index is 984. The van der Waals surface area contributed by atoms with Crippen molar-refractivity contribution in [1.82, 2.24) is 9.97 Å². The fourth-order valence-corrected chi connectivity index (χ4v) is 4.07. The Hall–Kier alpha value is -2.27. The highest BCUT2D eigenvalue weighted by atomic mass is 35.5. The first-order valence-electron chi connectivity index (χ1n) is 7.53. The summed E-state index contributed by atoms with van der Waals surface area (Å²) >= 11 is 7.81. The molecule has 4 rings (SSSR count). The van der Waals surface area contributed by atoms with Crippen LogP contribution in [0.15, 0.2) is 66.2 Å². The summed E-state index contributed by atoms with van der Waals surface area (Å²) in [4.78, 5) is 9.75. The van der Waals surface area contributed by atoms with Crippen molar-refractivity contribution in [3.05, 3.63) is 82.6 Å². The quantitative estimate of drug-likeness (QED) is 0.525. The van der Waals surface area contributed by atoms with E-state index < -0.39 is 0 Å². The van der Waals surface area contributed by atoms with E-state index in [0.717, 1.165) is 32.6 Å². The van der Waals surface area contributed by atoms with Crippen molar-refractivity contribution in [2.45, 2.75) is 6.04 Å². The van der Waals surface area contributed by atoms with Gasteiger partial charge in [-0.2, -0.15) is 0 Å². The van der Waals surface area contributed by atoms with Crippen LogP contribution in [0.2, 0.25) is 5.15 Å². The Morgan fingerprint density at radius 2 is 1.83 bits per heavy atom. The molecule has 0 aliphatic heterocycles. The first-order valence-corrected chi connectivity index (χ1v) is 8.79. The van der Waals surface area contributed by atoms with Gasteiger partial charge in [-0.3, -0.25) is 4.98 Å². The molecule has 1 aromatic carbocycles. The van der Waals surface area contributed by atoms with Crippen molar-refractivity contribution in [1.29, 1.82) is 0 Å². The molecule has 1 atom stereocenters. The molecule has 24 heavy (non-hydrogen) atoms. The van der Waals surface area contributed by atoms with Gasteiger partial charge in [-0.05, 0) is 29.3 Å². The van der Waals surface area contributed by atoms with Gasteiger partial charge in [-0.15, -0.1) is 11.3 Å². The van der Waals surface area contributed by atoms with Crippen LogP contribution in [-0.2, 0) is 0 Å². The third kappa shape index (κ3) is 2.69. The van der Waals surface area contributed by atoms with Crippen molar-refractivity contribution in [2.24, 2.45) is 5.73 Å². The minimum Gasteiger partial charge on any atom is -0.319 e. The van der Waals surface area contributed by atoms with Gasteiger partial charge in [0.2, 0.25) is 0 Å². The Balaban J connectivity index is 1.96. The fourth-order valence-electron chi connectivity index (χ4n) is 2.83. The second-order valence-corrected chi connectivity index (χ2v) is 6.71. The van der Waals surface area contributed by atoms with Crippen LogP contribution in [0.4, 0.5) is 0 Å². The van der Waals surface area contributed by atoms with Crippen molar-refractivity contribution < 1.29 is 0 Å². The van der Waals surface area contributed by atoms with Gasteiger partial charge in [0.25, 0.3) is 0 Å². The Kier molecular flexibility index (Phi) is 4.02. The lowest BCUT2D eigenvalue weighted by Gasteiger charge is -2.14. The minimum absolute atomic E-state index is 0.355. The highest BCUT2D eigenvalue weighted by Gasteiger charge is 2.19. The van der Waals surface area contributed by atoms with Crippen LogP contribution in [-0.4, -0.2) is 9.97 Å². The number of pyridine rings is 2. The van der Waals surface area contributed by atoms with E-state index in [9.17, 15) is 0 Å². The molecule has 118 valence electrons. The van der Waals surface area contributed by atoms with Gasteiger partial charge < -0.3 is 5.73 Å². The second kappa shape index (κ2) is 6.32. The molecular formula is C19H14ClN3S. The zero-order valence-electron chi connectivity index (χ0n) is 12.7. The third-order valence-electron chi connectivity index (χ3n) is 3.97. The Morgan fingerprint density at radius 1 is 1.04 bits per heavy atom. The molecule has 4 aromatic rings. The molecule has 0 saturated heterocycles. The number of rotatable bonds is 3. The van der Waals surface area contributed by atoms with Gasteiger partial charge in [0.15, 0.2) is 0 Å². The first kappa shape index (κ1) is 15.3. The summed E-state index contributed by atoms with van der Waals surface area (Å²) in [5, 5.41) is 3.61. The minimum atomic E-state index is -0.355. The molecule has 0 amide bonds. The van der Waals surface area contributed by atoms with E-state index in [-0.39, 0.29) is 6.04 Å². The van der Waals surface area contributed by atoms with Crippen LogP contribution >= 0.6 is 22.9 Å². The average molecular weight is 352 g/mol. The molecule has 3 heterocycles. The van der Waals surface area contributed by atoms with Crippen LogP contribution in [0.5, 0.6) is 0 Å². The molecule has 0 saturated carbocycles. The van der Waals surface area contributed by atoms with Crippen LogP contribution in [0.3, 0.4) is 0 Å². The fraction of sp³-hybridized carbons (Fsp3) is 0.0526. The summed E-state index contributed by atoms with van der Waals surface area (Å²) in [7, 11) is 0. The van der Waals surface area contributed by atoms with Gasteiger partial charge in [0.05, 0.1) is 11.7 Å². The summed E-state index contributed by atoms with van der Waals surface area (Å²) in [6, 6.07) is 17.5. The zero-order chi connectivity index (χ0) is 16.5. The predicted octanol–water partition coefficient (Wildman–Crippen LogP) is 5.06.